The second-order valence-corrected chi connectivity index (χ2v) is 9.47. The van der Waals surface area contributed by atoms with Gasteiger partial charge in [0.05, 0.1) is 12.2 Å². The summed E-state index contributed by atoms with van der Waals surface area (Å²) in [6, 6.07) is 4.32. The Morgan fingerprint density at radius 3 is 2.33 bits per heavy atom. The van der Waals surface area contributed by atoms with E-state index in [1.54, 1.807) is 0 Å². The van der Waals surface area contributed by atoms with Gasteiger partial charge in [0.2, 0.25) is 11.8 Å². The van der Waals surface area contributed by atoms with Crippen molar-refractivity contribution in [2.75, 3.05) is 38.0 Å². The highest BCUT2D eigenvalue weighted by Crippen LogP contribution is 2.31. The maximum Gasteiger partial charge on any atom is 0.240 e. The van der Waals surface area contributed by atoms with Crippen molar-refractivity contribution >= 4 is 28.3 Å². The van der Waals surface area contributed by atoms with Crippen molar-refractivity contribution in [2.24, 2.45) is 5.92 Å². The maximum atomic E-state index is 12.5. The van der Waals surface area contributed by atoms with E-state index >= 15 is 0 Å². The number of thiazole rings is 1. The Morgan fingerprint density at radius 1 is 1.10 bits per heavy atom. The van der Waals surface area contributed by atoms with Gasteiger partial charge in [-0.15, -0.1) is 11.3 Å². The number of piperazine rings is 1. The Labute approximate surface area is 183 Å². The van der Waals surface area contributed by atoms with Gasteiger partial charge in [0.1, 0.15) is 0 Å². The van der Waals surface area contributed by atoms with E-state index in [0.717, 1.165) is 24.3 Å². The van der Waals surface area contributed by atoms with Gasteiger partial charge in [0, 0.05) is 43.5 Å². The molecule has 0 saturated carbocycles. The van der Waals surface area contributed by atoms with E-state index in [0.29, 0.717) is 37.1 Å². The van der Waals surface area contributed by atoms with E-state index in [4.69, 9.17) is 0 Å². The maximum absolute atomic E-state index is 12.5. The lowest BCUT2D eigenvalue weighted by Gasteiger charge is -2.34. The highest BCUT2D eigenvalue weighted by molar-refractivity contribution is 7.14. The van der Waals surface area contributed by atoms with Crippen LogP contribution in [0, 0.1) is 26.7 Å². The van der Waals surface area contributed by atoms with Crippen LogP contribution in [-0.2, 0) is 9.59 Å². The number of anilines is 1. The van der Waals surface area contributed by atoms with Crippen molar-refractivity contribution in [3.63, 3.8) is 0 Å². The molecule has 0 aliphatic carbocycles. The molecular formula is C23H32N4O2S. The molecule has 7 heteroatoms. The molecular weight excluding hydrogens is 396 g/mol. The first kappa shape index (κ1) is 22.4. The molecule has 1 N–H and O–H groups in total. The topological polar surface area (TPSA) is 65.5 Å². The summed E-state index contributed by atoms with van der Waals surface area (Å²) in [5.74, 6) is 0.526. The average molecular weight is 429 g/mol. The predicted octanol–water partition coefficient (Wildman–Crippen LogP) is 3.86. The smallest absolute Gasteiger partial charge is 0.240 e. The third-order valence-corrected chi connectivity index (χ3v) is 6.12. The molecule has 2 aromatic rings. The zero-order valence-corrected chi connectivity index (χ0v) is 19.4. The number of aryl methyl sites for hydroxylation is 3. The third-order valence-electron chi connectivity index (χ3n) is 5.36. The summed E-state index contributed by atoms with van der Waals surface area (Å²) in [5.41, 5.74) is 5.67. The van der Waals surface area contributed by atoms with Crippen molar-refractivity contribution < 1.29 is 9.59 Å². The van der Waals surface area contributed by atoms with Crippen LogP contribution in [0.25, 0.3) is 11.3 Å². The number of carbonyl (C=O) groups is 2. The second-order valence-electron chi connectivity index (χ2n) is 8.61. The molecule has 0 atom stereocenters. The summed E-state index contributed by atoms with van der Waals surface area (Å²) in [5, 5.41) is 5.56. The van der Waals surface area contributed by atoms with Crippen LogP contribution < -0.4 is 5.32 Å². The molecule has 1 fully saturated rings. The van der Waals surface area contributed by atoms with Crippen LogP contribution in [0.3, 0.4) is 0 Å². The zero-order valence-electron chi connectivity index (χ0n) is 18.6. The first-order valence-corrected chi connectivity index (χ1v) is 11.4. The van der Waals surface area contributed by atoms with Gasteiger partial charge in [0.25, 0.3) is 0 Å². The molecule has 2 amide bonds. The Hall–Kier alpha value is -2.25. The van der Waals surface area contributed by atoms with E-state index in [9.17, 15) is 9.59 Å². The van der Waals surface area contributed by atoms with Crippen molar-refractivity contribution in [2.45, 2.75) is 41.0 Å². The fourth-order valence-corrected chi connectivity index (χ4v) is 4.74. The molecule has 1 saturated heterocycles. The Morgan fingerprint density at radius 2 is 1.73 bits per heavy atom. The largest absolute Gasteiger partial charge is 0.340 e. The molecule has 1 aromatic carbocycles. The second kappa shape index (κ2) is 9.71. The van der Waals surface area contributed by atoms with Crippen molar-refractivity contribution in [1.82, 2.24) is 14.8 Å². The number of rotatable bonds is 6. The van der Waals surface area contributed by atoms with Gasteiger partial charge in [-0.25, -0.2) is 4.98 Å². The van der Waals surface area contributed by atoms with Crippen molar-refractivity contribution in [3.05, 3.63) is 34.2 Å². The lowest BCUT2D eigenvalue weighted by Crippen LogP contribution is -2.50. The summed E-state index contributed by atoms with van der Waals surface area (Å²) in [4.78, 5) is 33.3. The summed E-state index contributed by atoms with van der Waals surface area (Å²) in [6.07, 6.45) is 0.590. The number of benzene rings is 1. The number of hydrogen-bond donors (Lipinski definition) is 1. The molecule has 0 bridgehead atoms. The van der Waals surface area contributed by atoms with Crippen LogP contribution in [0.5, 0.6) is 0 Å². The van der Waals surface area contributed by atoms with Crippen molar-refractivity contribution in [3.8, 4) is 11.3 Å². The van der Waals surface area contributed by atoms with E-state index in [-0.39, 0.29) is 11.8 Å². The zero-order chi connectivity index (χ0) is 21.8. The minimum absolute atomic E-state index is 0.0600. The number of carbonyl (C=O) groups excluding carboxylic acids is 2. The molecule has 2 heterocycles. The van der Waals surface area contributed by atoms with Crippen LogP contribution >= 0.6 is 11.3 Å². The molecule has 1 aliphatic rings. The first-order valence-electron chi connectivity index (χ1n) is 10.6. The Balaban J connectivity index is 1.53. The minimum Gasteiger partial charge on any atom is -0.340 e. The van der Waals surface area contributed by atoms with Gasteiger partial charge >= 0.3 is 0 Å². The lowest BCUT2D eigenvalue weighted by molar-refractivity contribution is -0.133. The lowest BCUT2D eigenvalue weighted by atomic mass is 9.98. The molecule has 162 valence electrons. The van der Waals surface area contributed by atoms with E-state index in [2.05, 4.69) is 62.0 Å². The molecule has 1 aromatic heterocycles. The summed E-state index contributed by atoms with van der Waals surface area (Å²) >= 11 is 1.45. The Kier molecular flexibility index (Phi) is 7.26. The quantitative estimate of drug-likeness (QED) is 0.759. The monoisotopic (exact) mass is 428 g/mol. The molecule has 0 spiro atoms. The van der Waals surface area contributed by atoms with Gasteiger partial charge in [-0.2, -0.15) is 0 Å². The molecule has 6 nitrogen and oxygen atoms in total. The SMILES string of the molecule is Cc1cc(C)c(-c2csc(NC(=O)CN3CCN(C(=O)CC(C)C)CC3)n2)c(C)c1. The highest BCUT2D eigenvalue weighted by atomic mass is 32.1. The number of nitrogens with one attached hydrogen (secondary N) is 1. The molecule has 0 radical (unpaired) electrons. The average Bonchev–Trinajstić information content (AvgIpc) is 3.08. The third kappa shape index (κ3) is 5.67. The summed E-state index contributed by atoms with van der Waals surface area (Å²) in [7, 11) is 0. The molecule has 0 unspecified atom stereocenters. The summed E-state index contributed by atoms with van der Waals surface area (Å²) < 4.78 is 0. The molecule has 1 aliphatic heterocycles. The Bertz CT molecular complexity index is 891. The van der Waals surface area contributed by atoms with Crippen LogP contribution in [0.2, 0.25) is 0 Å². The number of aromatic nitrogens is 1. The van der Waals surface area contributed by atoms with E-state index in [1.807, 2.05) is 10.3 Å². The van der Waals surface area contributed by atoms with Crippen LogP contribution in [-0.4, -0.2) is 59.3 Å². The first-order chi connectivity index (χ1) is 14.2. The summed E-state index contributed by atoms with van der Waals surface area (Å²) in [6.45, 7) is 13.5. The van der Waals surface area contributed by atoms with E-state index < -0.39 is 0 Å². The fourth-order valence-electron chi connectivity index (χ4n) is 4.03. The van der Waals surface area contributed by atoms with Gasteiger partial charge in [-0.3, -0.25) is 14.5 Å². The number of nitrogens with zero attached hydrogens (tertiary/aromatic N) is 3. The van der Waals surface area contributed by atoms with Gasteiger partial charge in [-0.05, 0) is 37.8 Å². The van der Waals surface area contributed by atoms with Crippen LogP contribution in [0.15, 0.2) is 17.5 Å². The fraction of sp³-hybridized carbons (Fsp3) is 0.522. The van der Waals surface area contributed by atoms with Gasteiger partial charge in [0.15, 0.2) is 5.13 Å². The standard InChI is InChI=1S/C23H32N4O2S/c1-15(2)10-21(29)27-8-6-26(7-9-27)13-20(28)25-23-24-19(14-30-23)22-17(4)11-16(3)12-18(22)5/h11-12,14-15H,6-10,13H2,1-5H3,(H,24,25,28). The predicted molar refractivity (Wildman–Crippen MR) is 123 cm³/mol. The van der Waals surface area contributed by atoms with Crippen LogP contribution in [0.1, 0.15) is 37.0 Å². The van der Waals surface area contributed by atoms with Gasteiger partial charge in [-0.1, -0.05) is 31.5 Å². The molecule has 30 heavy (non-hydrogen) atoms. The number of amides is 2. The van der Waals surface area contributed by atoms with Crippen LogP contribution in [0.4, 0.5) is 5.13 Å². The number of hydrogen-bond acceptors (Lipinski definition) is 5. The van der Waals surface area contributed by atoms with Crippen molar-refractivity contribution in [1.29, 1.82) is 0 Å². The highest BCUT2D eigenvalue weighted by Gasteiger charge is 2.23. The minimum atomic E-state index is -0.0600. The van der Waals surface area contributed by atoms with Gasteiger partial charge < -0.3 is 10.2 Å². The molecule has 3 rings (SSSR count). The normalized spacial score (nSPS) is 14.9. The van der Waals surface area contributed by atoms with E-state index in [1.165, 1.54) is 28.0 Å².